The molecule has 0 radical (unpaired) electrons. The van der Waals surface area contributed by atoms with Crippen molar-refractivity contribution in [3.8, 4) is 17.4 Å². The fraction of sp³-hybridized carbons (Fsp3) is 0.235. The van der Waals surface area contributed by atoms with Crippen LogP contribution in [0.1, 0.15) is 39.1 Å². The lowest BCUT2D eigenvalue weighted by atomic mass is 10.00. The average Bonchev–Trinajstić information content (AvgIpc) is 2.51. The van der Waals surface area contributed by atoms with Crippen LogP contribution in [0.4, 0.5) is 0 Å². The van der Waals surface area contributed by atoms with Crippen molar-refractivity contribution in [3.63, 3.8) is 0 Å². The number of benzene rings is 1. The van der Waals surface area contributed by atoms with Gasteiger partial charge in [-0.05, 0) is 19.1 Å². The first-order valence-corrected chi connectivity index (χ1v) is 7.19. The van der Waals surface area contributed by atoms with E-state index in [-0.39, 0.29) is 18.6 Å². The lowest BCUT2D eigenvalue weighted by Crippen LogP contribution is -2.11. The van der Waals surface area contributed by atoms with Crippen LogP contribution in [0.3, 0.4) is 0 Å². The van der Waals surface area contributed by atoms with E-state index in [9.17, 15) is 24.6 Å². The molecule has 0 unspecified atom stereocenters. The van der Waals surface area contributed by atoms with E-state index in [0.717, 1.165) is 11.6 Å². The van der Waals surface area contributed by atoms with Gasteiger partial charge in [-0.1, -0.05) is 11.6 Å². The first-order chi connectivity index (χ1) is 11.3. The highest BCUT2D eigenvalue weighted by Crippen LogP contribution is 2.26. The van der Waals surface area contributed by atoms with Crippen LogP contribution < -0.4 is 10.3 Å². The normalized spacial score (nSPS) is 10.4. The molecule has 7 heteroatoms. The van der Waals surface area contributed by atoms with Gasteiger partial charge in [0.15, 0.2) is 11.6 Å². The SMILES string of the molecule is COc1ccc(C)cc1C(=O)CCC(=O)c1c(O)cc(=O)[nH]c1O. The Morgan fingerprint density at radius 1 is 1.12 bits per heavy atom. The van der Waals surface area contributed by atoms with Crippen molar-refractivity contribution in [3.05, 3.63) is 51.3 Å². The molecule has 126 valence electrons. The molecule has 0 saturated heterocycles. The quantitative estimate of drug-likeness (QED) is 0.697. The molecule has 1 heterocycles. The monoisotopic (exact) mass is 331 g/mol. The predicted octanol–water partition coefficient (Wildman–Crippen LogP) is 1.95. The minimum atomic E-state index is -0.734. The van der Waals surface area contributed by atoms with Gasteiger partial charge in [-0.2, -0.15) is 0 Å². The van der Waals surface area contributed by atoms with Crippen molar-refractivity contribution < 1.29 is 24.5 Å². The molecule has 0 aliphatic carbocycles. The molecule has 2 aromatic rings. The Bertz CT molecular complexity index is 826. The Labute approximate surface area is 137 Å². The molecule has 0 spiro atoms. The van der Waals surface area contributed by atoms with Crippen LogP contribution in [-0.2, 0) is 0 Å². The number of ketones is 2. The molecule has 0 aliphatic heterocycles. The maximum atomic E-state index is 12.3. The molecule has 1 aromatic carbocycles. The van der Waals surface area contributed by atoms with Crippen LogP contribution in [0.15, 0.2) is 29.1 Å². The van der Waals surface area contributed by atoms with Crippen molar-refractivity contribution in [2.75, 3.05) is 7.11 Å². The van der Waals surface area contributed by atoms with Crippen LogP contribution in [-0.4, -0.2) is 33.9 Å². The van der Waals surface area contributed by atoms with Crippen LogP contribution in [0.5, 0.6) is 17.4 Å². The van der Waals surface area contributed by atoms with Crippen LogP contribution in [0.25, 0.3) is 0 Å². The first-order valence-electron chi connectivity index (χ1n) is 7.19. The number of aromatic nitrogens is 1. The van der Waals surface area contributed by atoms with E-state index >= 15 is 0 Å². The van der Waals surface area contributed by atoms with Crippen molar-refractivity contribution in [1.29, 1.82) is 0 Å². The summed E-state index contributed by atoms with van der Waals surface area (Å²) in [5, 5.41) is 19.2. The second kappa shape index (κ2) is 6.99. The number of H-pyrrole nitrogens is 1. The van der Waals surface area contributed by atoms with E-state index in [1.807, 2.05) is 11.9 Å². The number of aromatic amines is 1. The molecule has 0 bridgehead atoms. The Morgan fingerprint density at radius 2 is 1.79 bits per heavy atom. The standard InChI is InChI=1S/C17H17NO6/c1-9-3-6-14(24-2)10(7-9)11(19)4-5-12(20)16-13(21)8-15(22)18-17(16)23/h3,6-8H,4-5H2,1-2H3,(H3,18,21,22,23). The van der Waals surface area contributed by atoms with E-state index in [2.05, 4.69) is 0 Å². The van der Waals surface area contributed by atoms with Gasteiger partial charge >= 0.3 is 0 Å². The van der Waals surface area contributed by atoms with Crippen LogP contribution in [0, 0.1) is 6.92 Å². The lowest BCUT2D eigenvalue weighted by Gasteiger charge is -2.09. The second-order valence-electron chi connectivity index (χ2n) is 5.29. The number of carbonyl (C=O) groups is 2. The second-order valence-corrected chi connectivity index (χ2v) is 5.29. The number of Topliss-reactive ketones (excluding diaryl/α,β-unsaturated/α-hetero) is 2. The van der Waals surface area contributed by atoms with Gasteiger partial charge in [0.05, 0.1) is 12.7 Å². The van der Waals surface area contributed by atoms with Gasteiger partial charge in [-0.15, -0.1) is 0 Å². The van der Waals surface area contributed by atoms with Crippen molar-refractivity contribution in [1.82, 2.24) is 4.98 Å². The number of aromatic hydroxyl groups is 2. The van der Waals surface area contributed by atoms with E-state index < -0.39 is 28.5 Å². The third-order valence-corrected chi connectivity index (χ3v) is 3.52. The zero-order valence-electron chi connectivity index (χ0n) is 13.3. The third kappa shape index (κ3) is 3.62. The largest absolute Gasteiger partial charge is 0.507 e. The van der Waals surface area contributed by atoms with Gasteiger partial charge in [0.1, 0.15) is 17.1 Å². The molecule has 2 rings (SSSR count). The zero-order valence-corrected chi connectivity index (χ0v) is 13.3. The highest BCUT2D eigenvalue weighted by atomic mass is 16.5. The summed E-state index contributed by atoms with van der Waals surface area (Å²) in [6.45, 7) is 1.83. The fourth-order valence-corrected chi connectivity index (χ4v) is 2.33. The zero-order chi connectivity index (χ0) is 17.9. The van der Waals surface area contributed by atoms with E-state index in [1.165, 1.54) is 7.11 Å². The topological polar surface area (TPSA) is 117 Å². The maximum Gasteiger partial charge on any atom is 0.254 e. The van der Waals surface area contributed by atoms with Gasteiger partial charge in [0, 0.05) is 18.9 Å². The highest BCUT2D eigenvalue weighted by molar-refractivity contribution is 6.05. The molecular weight excluding hydrogens is 314 g/mol. The minimum Gasteiger partial charge on any atom is -0.507 e. The van der Waals surface area contributed by atoms with Gasteiger partial charge < -0.3 is 14.9 Å². The molecule has 0 atom stereocenters. The smallest absolute Gasteiger partial charge is 0.254 e. The summed E-state index contributed by atoms with van der Waals surface area (Å²) in [6, 6.07) is 5.93. The number of nitrogens with one attached hydrogen (secondary N) is 1. The molecule has 7 nitrogen and oxygen atoms in total. The number of pyridine rings is 1. The number of carbonyl (C=O) groups excluding carboxylic acids is 2. The number of ether oxygens (including phenoxy) is 1. The Kier molecular flexibility index (Phi) is 5.03. The molecule has 3 N–H and O–H groups in total. The molecular formula is C17H17NO6. The Balaban J connectivity index is 2.17. The van der Waals surface area contributed by atoms with Crippen LogP contribution in [0.2, 0.25) is 0 Å². The third-order valence-electron chi connectivity index (χ3n) is 3.52. The first kappa shape index (κ1) is 17.3. The molecule has 0 aliphatic rings. The number of rotatable bonds is 6. The fourth-order valence-electron chi connectivity index (χ4n) is 2.33. The molecule has 0 saturated carbocycles. The van der Waals surface area contributed by atoms with Gasteiger partial charge in [-0.25, -0.2) is 0 Å². The van der Waals surface area contributed by atoms with E-state index in [0.29, 0.717) is 11.3 Å². The lowest BCUT2D eigenvalue weighted by molar-refractivity contribution is 0.0912. The van der Waals surface area contributed by atoms with E-state index in [4.69, 9.17) is 4.74 Å². The summed E-state index contributed by atoms with van der Waals surface area (Å²) in [5.41, 5.74) is 0.0994. The highest BCUT2D eigenvalue weighted by Gasteiger charge is 2.20. The Morgan fingerprint density at radius 3 is 2.42 bits per heavy atom. The van der Waals surface area contributed by atoms with Crippen molar-refractivity contribution in [2.45, 2.75) is 19.8 Å². The number of aryl methyl sites for hydroxylation is 1. The Hall–Kier alpha value is -3.09. The maximum absolute atomic E-state index is 12.3. The number of hydrogen-bond donors (Lipinski definition) is 3. The van der Waals surface area contributed by atoms with Crippen molar-refractivity contribution >= 4 is 11.6 Å². The molecule has 0 fully saturated rings. The summed E-state index contributed by atoms with van der Waals surface area (Å²) in [7, 11) is 1.45. The summed E-state index contributed by atoms with van der Waals surface area (Å²) >= 11 is 0. The molecule has 24 heavy (non-hydrogen) atoms. The molecule has 0 amide bonds. The molecule has 1 aromatic heterocycles. The minimum absolute atomic E-state index is 0.128. The van der Waals surface area contributed by atoms with Gasteiger partial charge in [-0.3, -0.25) is 19.4 Å². The van der Waals surface area contributed by atoms with Gasteiger partial charge in [0.2, 0.25) is 5.88 Å². The van der Waals surface area contributed by atoms with Gasteiger partial charge in [0.25, 0.3) is 5.56 Å². The predicted molar refractivity (Wildman–Crippen MR) is 86.0 cm³/mol. The summed E-state index contributed by atoms with van der Waals surface area (Å²) in [5.74, 6) is -1.88. The average molecular weight is 331 g/mol. The summed E-state index contributed by atoms with van der Waals surface area (Å²) in [6.07, 6.45) is -0.361. The summed E-state index contributed by atoms with van der Waals surface area (Å²) in [4.78, 5) is 37.6. The van der Waals surface area contributed by atoms with Crippen molar-refractivity contribution in [2.24, 2.45) is 0 Å². The summed E-state index contributed by atoms with van der Waals surface area (Å²) < 4.78 is 5.14. The number of hydrogen-bond acceptors (Lipinski definition) is 6. The number of methoxy groups -OCH3 is 1. The van der Waals surface area contributed by atoms with Crippen LogP contribution >= 0.6 is 0 Å². The van der Waals surface area contributed by atoms with E-state index in [1.54, 1.807) is 18.2 Å².